The van der Waals surface area contributed by atoms with Gasteiger partial charge in [0.25, 0.3) is 0 Å². The topological polar surface area (TPSA) is 45.0 Å². The fourth-order valence-corrected chi connectivity index (χ4v) is 1.79. The van der Waals surface area contributed by atoms with E-state index in [4.69, 9.17) is 16.5 Å². The molecule has 0 aromatic heterocycles. The highest BCUT2D eigenvalue weighted by molar-refractivity contribution is 4.92. The molecule has 0 saturated heterocycles. The number of terminal acetylenes is 1. The van der Waals surface area contributed by atoms with Crippen molar-refractivity contribution in [1.82, 2.24) is 5.48 Å². The molecular weight excluding hydrogens is 176 g/mol. The van der Waals surface area contributed by atoms with Crippen LogP contribution >= 0.6 is 0 Å². The Morgan fingerprint density at radius 2 is 2.14 bits per heavy atom. The van der Waals surface area contributed by atoms with Crippen molar-refractivity contribution >= 4 is 0 Å². The first-order valence-corrected chi connectivity index (χ1v) is 5.09. The quantitative estimate of drug-likeness (QED) is 0.320. The number of hydroxylamine groups is 1. The third kappa shape index (κ3) is 3.38. The molecule has 1 aliphatic rings. The van der Waals surface area contributed by atoms with Crippen molar-refractivity contribution in [2.24, 2.45) is 5.92 Å². The predicted molar refractivity (Wildman–Crippen MR) is 53.9 cm³/mol. The van der Waals surface area contributed by atoms with Crippen LogP contribution < -0.4 is 5.48 Å². The second-order valence-electron chi connectivity index (χ2n) is 3.59. The molecular formula is C11H16N2O. The number of nitriles is 1. The summed E-state index contributed by atoms with van der Waals surface area (Å²) in [6.45, 7) is 0.259. The third-order valence-electron chi connectivity index (χ3n) is 2.57. The number of hydrogen-bond donors (Lipinski definition) is 1. The molecule has 2 unspecified atom stereocenters. The molecule has 0 radical (unpaired) electrons. The second-order valence-corrected chi connectivity index (χ2v) is 3.59. The molecule has 0 aromatic rings. The van der Waals surface area contributed by atoms with E-state index >= 15 is 0 Å². The van der Waals surface area contributed by atoms with Gasteiger partial charge in [-0.3, -0.25) is 4.84 Å². The van der Waals surface area contributed by atoms with E-state index in [1.165, 1.54) is 6.42 Å². The van der Waals surface area contributed by atoms with Crippen LogP contribution in [0.15, 0.2) is 0 Å². The fraction of sp³-hybridized carbons (Fsp3) is 0.727. The molecule has 0 spiro atoms. The van der Waals surface area contributed by atoms with E-state index in [-0.39, 0.29) is 18.6 Å². The Labute approximate surface area is 85.4 Å². The molecule has 76 valence electrons. The maximum absolute atomic E-state index is 8.96. The molecule has 14 heavy (non-hydrogen) atoms. The summed E-state index contributed by atoms with van der Waals surface area (Å²) in [5, 5.41) is 8.96. The van der Waals surface area contributed by atoms with Crippen molar-refractivity contribution in [3.8, 4) is 18.4 Å². The van der Waals surface area contributed by atoms with Crippen molar-refractivity contribution in [1.29, 1.82) is 5.26 Å². The smallest absolute Gasteiger partial charge is 0.128 e. The average molecular weight is 192 g/mol. The van der Waals surface area contributed by atoms with Gasteiger partial charge in [0.2, 0.25) is 0 Å². The van der Waals surface area contributed by atoms with Gasteiger partial charge in [-0.2, -0.15) is 10.7 Å². The van der Waals surface area contributed by atoms with Gasteiger partial charge in [0.1, 0.15) is 6.61 Å². The van der Waals surface area contributed by atoms with Crippen molar-refractivity contribution in [2.45, 2.75) is 38.1 Å². The molecule has 0 aromatic carbocycles. The zero-order chi connectivity index (χ0) is 10.2. The van der Waals surface area contributed by atoms with Crippen LogP contribution in [-0.2, 0) is 4.84 Å². The molecule has 1 saturated carbocycles. The number of rotatable bonds is 3. The average Bonchev–Trinajstić information content (AvgIpc) is 2.43. The van der Waals surface area contributed by atoms with Gasteiger partial charge in [-0.05, 0) is 12.8 Å². The highest BCUT2D eigenvalue weighted by Crippen LogP contribution is 2.22. The minimum atomic E-state index is 0.0651. The summed E-state index contributed by atoms with van der Waals surface area (Å²) in [5.74, 6) is 2.45. The highest BCUT2D eigenvalue weighted by Gasteiger charge is 2.23. The molecule has 1 aliphatic carbocycles. The lowest BCUT2D eigenvalue weighted by atomic mass is 9.97. The van der Waals surface area contributed by atoms with Crippen molar-refractivity contribution in [3.63, 3.8) is 0 Å². The largest absolute Gasteiger partial charge is 0.289 e. The van der Waals surface area contributed by atoms with Crippen LogP contribution in [0.5, 0.6) is 0 Å². The summed E-state index contributed by atoms with van der Waals surface area (Å²) in [6.07, 6.45) is 10.6. The van der Waals surface area contributed by atoms with Gasteiger partial charge in [-0.15, -0.1) is 6.42 Å². The van der Waals surface area contributed by atoms with Gasteiger partial charge in [0, 0.05) is 6.04 Å². The summed E-state index contributed by atoms with van der Waals surface area (Å²) >= 11 is 0. The SMILES string of the molecule is C#CCONC1CCCCCC1C#N. The fourth-order valence-electron chi connectivity index (χ4n) is 1.79. The van der Waals surface area contributed by atoms with E-state index in [1.807, 2.05) is 0 Å². The van der Waals surface area contributed by atoms with Crippen molar-refractivity contribution in [2.75, 3.05) is 6.61 Å². The van der Waals surface area contributed by atoms with Crippen molar-refractivity contribution < 1.29 is 4.84 Å². The van der Waals surface area contributed by atoms with Gasteiger partial charge in [-0.25, -0.2) is 0 Å². The van der Waals surface area contributed by atoms with Crippen LogP contribution in [0.3, 0.4) is 0 Å². The minimum Gasteiger partial charge on any atom is -0.289 e. The van der Waals surface area contributed by atoms with Crippen LogP contribution in [0, 0.1) is 29.6 Å². The lowest BCUT2D eigenvalue weighted by Crippen LogP contribution is -2.35. The Morgan fingerprint density at radius 1 is 1.36 bits per heavy atom. The van der Waals surface area contributed by atoms with Crippen LogP contribution in [0.25, 0.3) is 0 Å². The first-order chi connectivity index (χ1) is 6.88. The molecule has 3 heteroatoms. The standard InChI is InChI=1S/C11H16N2O/c1-2-8-14-13-11-7-5-3-4-6-10(11)9-12/h1,10-11,13H,3-8H2. The first-order valence-electron chi connectivity index (χ1n) is 5.09. The lowest BCUT2D eigenvalue weighted by molar-refractivity contribution is 0.0257. The van der Waals surface area contributed by atoms with Gasteiger partial charge in [0.05, 0.1) is 12.0 Å². The monoisotopic (exact) mass is 192 g/mol. The summed E-state index contributed by atoms with van der Waals surface area (Å²) in [7, 11) is 0. The molecule has 2 atom stereocenters. The van der Waals surface area contributed by atoms with E-state index in [1.54, 1.807) is 0 Å². The summed E-state index contributed by atoms with van der Waals surface area (Å²) < 4.78 is 0. The van der Waals surface area contributed by atoms with E-state index in [0.717, 1.165) is 25.7 Å². The number of hydrogen-bond acceptors (Lipinski definition) is 3. The zero-order valence-electron chi connectivity index (χ0n) is 8.33. The second kappa shape index (κ2) is 6.43. The van der Waals surface area contributed by atoms with Crippen LogP contribution in [0.1, 0.15) is 32.1 Å². The molecule has 1 rings (SSSR count). The maximum atomic E-state index is 8.96. The summed E-state index contributed by atoms with van der Waals surface area (Å²) in [6, 6.07) is 2.48. The van der Waals surface area contributed by atoms with Gasteiger partial charge >= 0.3 is 0 Å². The molecule has 3 nitrogen and oxygen atoms in total. The Balaban J connectivity index is 2.38. The molecule has 1 N–H and O–H groups in total. The predicted octanol–water partition coefficient (Wildman–Crippen LogP) is 1.61. The minimum absolute atomic E-state index is 0.0651. The molecule has 0 heterocycles. The van der Waals surface area contributed by atoms with Gasteiger partial charge in [0.15, 0.2) is 0 Å². The van der Waals surface area contributed by atoms with Crippen molar-refractivity contribution in [3.05, 3.63) is 0 Å². The third-order valence-corrected chi connectivity index (χ3v) is 2.57. The molecule has 0 amide bonds. The van der Waals surface area contributed by atoms with E-state index in [0.29, 0.717) is 0 Å². The van der Waals surface area contributed by atoms with E-state index in [2.05, 4.69) is 17.5 Å². The lowest BCUT2D eigenvalue weighted by Gasteiger charge is -2.19. The van der Waals surface area contributed by atoms with Crippen LogP contribution in [0.4, 0.5) is 0 Å². The Bertz CT molecular complexity index is 239. The van der Waals surface area contributed by atoms with E-state index < -0.39 is 0 Å². The summed E-state index contributed by atoms with van der Waals surface area (Å²) in [4.78, 5) is 5.07. The first kappa shape index (κ1) is 11.0. The molecule has 0 aliphatic heterocycles. The van der Waals surface area contributed by atoms with E-state index in [9.17, 15) is 0 Å². The number of nitrogens with zero attached hydrogens (tertiary/aromatic N) is 1. The van der Waals surface area contributed by atoms with Crippen LogP contribution in [0.2, 0.25) is 0 Å². The maximum Gasteiger partial charge on any atom is 0.128 e. The highest BCUT2D eigenvalue weighted by atomic mass is 16.6. The summed E-state index contributed by atoms with van der Waals surface area (Å²) in [5.41, 5.74) is 2.90. The Morgan fingerprint density at radius 3 is 2.86 bits per heavy atom. The number of nitrogens with one attached hydrogen (secondary N) is 1. The van der Waals surface area contributed by atoms with Gasteiger partial charge in [-0.1, -0.05) is 25.2 Å². The molecule has 0 bridgehead atoms. The molecule has 1 fully saturated rings. The Kier molecular flexibility index (Phi) is 5.07. The van der Waals surface area contributed by atoms with Gasteiger partial charge < -0.3 is 0 Å². The zero-order valence-corrected chi connectivity index (χ0v) is 8.33. The Hall–Kier alpha value is -1.03. The normalized spacial score (nSPS) is 27.3. The van der Waals surface area contributed by atoms with Crippen LogP contribution in [-0.4, -0.2) is 12.6 Å².